The van der Waals surface area contributed by atoms with Gasteiger partial charge in [0.2, 0.25) is 5.95 Å². The van der Waals surface area contributed by atoms with E-state index in [0.717, 1.165) is 24.7 Å². The Bertz CT molecular complexity index is 326. The predicted molar refractivity (Wildman–Crippen MR) is 61.1 cm³/mol. The highest BCUT2D eigenvalue weighted by molar-refractivity contribution is 5.33. The Morgan fingerprint density at radius 2 is 2.47 bits per heavy atom. The lowest BCUT2D eigenvalue weighted by molar-refractivity contribution is 0.606. The molecule has 2 heterocycles. The monoisotopic (exact) mass is 206 g/mol. The zero-order chi connectivity index (χ0) is 10.7. The molecule has 1 N–H and O–H groups in total. The second kappa shape index (κ2) is 4.57. The molecule has 1 aliphatic rings. The minimum absolute atomic E-state index is 0.553. The average Bonchev–Trinajstić information content (AvgIpc) is 2.66. The summed E-state index contributed by atoms with van der Waals surface area (Å²) in [6, 6.07) is 2.49. The van der Waals surface area contributed by atoms with E-state index in [4.69, 9.17) is 0 Å². The second-order valence-corrected chi connectivity index (χ2v) is 4.05. The van der Waals surface area contributed by atoms with Gasteiger partial charge in [-0.05, 0) is 32.9 Å². The normalized spacial score (nSPS) is 20.9. The van der Waals surface area contributed by atoms with Crippen molar-refractivity contribution in [1.82, 2.24) is 15.3 Å². The lowest BCUT2D eigenvalue weighted by Gasteiger charge is -2.24. The van der Waals surface area contributed by atoms with Gasteiger partial charge in [0, 0.05) is 31.0 Å². The van der Waals surface area contributed by atoms with Crippen molar-refractivity contribution in [3.8, 4) is 0 Å². The third kappa shape index (κ3) is 2.26. The van der Waals surface area contributed by atoms with Crippen molar-refractivity contribution in [3.05, 3.63) is 18.0 Å². The molecule has 0 radical (unpaired) electrons. The van der Waals surface area contributed by atoms with E-state index in [1.165, 1.54) is 12.8 Å². The summed E-state index contributed by atoms with van der Waals surface area (Å²) in [5, 5.41) is 3.23. The summed E-state index contributed by atoms with van der Waals surface area (Å²) in [7, 11) is 1.99. The summed E-state index contributed by atoms with van der Waals surface area (Å²) < 4.78 is 0. The van der Waals surface area contributed by atoms with Gasteiger partial charge < -0.3 is 10.2 Å². The number of hydrogen-bond acceptors (Lipinski definition) is 4. The number of nitrogens with zero attached hydrogens (tertiary/aromatic N) is 3. The van der Waals surface area contributed by atoms with E-state index in [-0.39, 0.29) is 0 Å². The first-order valence-electron chi connectivity index (χ1n) is 5.52. The van der Waals surface area contributed by atoms with Crippen LogP contribution in [0.25, 0.3) is 0 Å². The van der Waals surface area contributed by atoms with Crippen molar-refractivity contribution in [2.45, 2.75) is 25.8 Å². The largest absolute Gasteiger partial charge is 0.337 e. The molecule has 15 heavy (non-hydrogen) atoms. The zero-order valence-electron chi connectivity index (χ0n) is 9.40. The third-order valence-corrected chi connectivity index (χ3v) is 2.86. The van der Waals surface area contributed by atoms with Gasteiger partial charge in [0.1, 0.15) is 0 Å². The molecule has 0 amide bonds. The molecule has 0 aromatic carbocycles. The van der Waals surface area contributed by atoms with Crippen LogP contribution in [0.15, 0.2) is 12.3 Å². The molecule has 1 aliphatic heterocycles. The number of likely N-dealkylation sites (N-methyl/N-ethyl adjacent to an activating group) is 1. The summed E-state index contributed by atoms with van der Waals surface area (Å²) in [5.41, 5.74) is 1.04. The Morgan fingerprint density at radius 3 is 3.20 bits per heavy atom. The highest BCUT2D eigenvalue weighted by Gasteiger charge is 2.25. The Hall–Kier alpha value is -1.16. The summed E-state index contributed by atoms with van der Waals surface area (Å²) >= 11 is 0. The highest BCUT2D eigenvalue weighted by atomic mass is 15.3. The first-order chi connectivity index (χ1) is 7.31. The van der Waals surface area contributed by atoms with Gasteiger partial charge in [-0.3, -0.25) is 0 Å². The number of nitrogens with one attached hydrogen (secondary N) is 1. The van der Waals surface area contributed by atoms with Crippen LogP contribution in [0.2, 0.25) is 0 Å². The molecule has 1 fully saturated rings. The van der Waals surface area contributed by atoms with Gasteiger partial charge in [0.15, 0.2) is 0 Å². The fourth-order valence-electron chi connectivity index (χ4n) is 2.12. The first-order valence-corrected chi connectivity index (χ1v) is 5.52. The van der Waals surface area contributed by atoms with Crippen molar-refractivity contribution in [3.63, 3.8) is 0 Å². The van der Waals surface area contributed by atoms with Crippen molar-refractivity contribution in [1.29, 1.82) is 0 Å². The van der Waals surface area contributed by atoms with Crippen LogP contribution < -0.4 is 10.2 Å². The summed E-state index contributed by atoms with van der Waals surface area (Å²) in [6.45, 7) is 4.10. The topological polar surface area (TPSA) is 41.0 Å². The van der Waals surface area contributed by atoms with Crippen molar-refractivity contribution in [2.24, 2.45) is 0 Å². The fourth-order valence-corrected chi connectivity index (χ4v) is 2.12. The van der Waals surface area contributed by atoms with Gasteiger partial charge in [-0.25, -0.2) is 9.97 Å². The van der Waals surface area contributed by atoms with Crippen LogP contribution in [-0.4, -0.2) is 36.1 Å². The number of rotatable bonds is 3. The third-order valence-electron chi connectivity index (χ3n) is 2.86. The molecular formula is C11H18N4. The van der Waals surface area contributed by atoms with Gasteiger partial charge in [0.25, 0.3) is 0 Å². The molecule has 1 saturated heterocycles. The summed E-state index contributed by atoms with van der Waals surface area (Å²) in [5.74, 6) is 0.882. The van der Waals surface area contributed by atoms with Crippen molar-refractivity contribution in [2.75, 3.05) is 25.0 Å². The van der Waals surface area contributed by atoms with Gasteiger partial charge in [-0.15, -0.1) is 0 Å². The Balaban J connectivity index is 2.15. The van der Waals surface area contributed by atoms with Gasteiger partial charge in [-0.1, -0.05) is 0 Å². The molecule has 0 bridgehead atoms. The molecule has 1 aromatic rings. The molecule has 1 unspecified atom stereocenters. The van der Waals surface area contributed by atoms with Crippen LogP contribution in [0.3, 0.4) is 0 Å². The average molecular weight is 206 g/mol. The fraction of sp³-hybridized carbons (Fsp3) is 0.636. The minimum Gasteiger partial charge on any atom is -0.337 e. The summed E-state index contributed by atoms with van der Waals surface area (Å²) in [6.07, 6.45) is 4.31. The van der Waals surface area contributed by atoms with Crippen LogP contribution in [0, 0.1) is 6.92 Å². The number of hydrogen-bond donors (Lipinski definition) is 1. The molecule has 1 atom stereocenters. The molecule has 4 heteroatoms. The molecule has 0 aliphatic carbocycles. The molecule has 2 rings (SSSR count). The van der Waals surface area contributed by atoms with Crippen LogP contribution in [-0.2, 0) is 0 Å². The number of anilines is 1. The molecule has 0 spiro atoms. The molecule has 82 valence electrons. The molecular weight excluding hydrogens is 188 g/mol. The minimum atomic E-state index is 0.553. The van der Waals surface area contributed by atoms with E-state index in [9.17, 15) is 0 Å². The maximum atomic E-state index is 4.47. The van der Waals surface area contributed by atoms with Crippen LogP contribution in [0.1, 0.15) is 18.5 Å². The number of aryl methyl sites for hydroxylation is 1. The Kier molecular flexibility index (Phi) is 3.16. The maximum absolute atomic E-state index is 4.47. The van der Waals surface area contributed by atoms with E-state index in [1.807, 2.05) is 26.2 Å². The number of aromatic nitrogens is 2. The molecule has 1 aromatic heterocycles. The predicted octanol–water partition coefficient (Wildman–Crippen LogP) is 0.973. The second-order valence-electron chi connectivity index (χ2n) is 4.05. The van der Waals surface area contributed by atoms with Crippen LogP contribution in [0.4, 0.5) is 5.95 Å². The van der Waals surface area contributed by atoms with E-state index >= 15 is 0 Å². The lowest BCUT2D eigenvalue weighted by atomic mass is 10.2. The van der Waals surface area contributed by atoms with Crippen LogP contribution >= 0.6 is 0 Å². The smallest absolute Gasteiger partial charge is 0.225 e. The van der Waals surface area contributed by atoms with Gasteiger partial charge in [-0.2, -0.15) is 0 Å². The van der Waals surface area contributed by atoms with Gasteiger partial charge in [0.05, 0.1) is 0 Å². The van der Waals surface area contributed by atoms with Crippen molar-refractivity contribution >= 4 is 5.95 Å². The van der Waals surface area contributed by atoms with E-state index < -0.39 is 0 Å². The van der Waals surface area contributed by atoms with Gasteiger partial charge >= 0.3 is 0 Å². The van der Waals surface area contributed by atoms with Crippen molar-refractivity contribution < 1.29 is 0 Å². The Morgan fingerprint density at radius 1 is 1.60 bits per heavy atom. The SMILES string of the molecule is CNCC1CCCN1c1nccc(C)n1. The molecule has 0 saturated carbocycles. The standard InChI is InChI=1S/C11H18N4/c1-9-5-6-13-11(14-9)15-7-3-4-10(15)8-12-2/h5-6,10,12H,3-4,7-8H2,1-2H3. The summed E-state index contributed by atoms with van der Waals surface area (Å²) in [4.78, 5) is 11.1. The lowest BCUT2D eigenvalue weighted by Crippen LogP contribution is -2.37. The van der Waals surface area contributed by atoms with E-state index in [0.29, 0.717) is 6.04 Å². The Labute approximate surface area is 90.7 Å². The van der Waals surface area contributed by atoms with E-state index in [1.54, 1.807) is 0 Å². The first kappa shape index (κ1) is 10.4. The molecule has 4 nitrogen and oxygen atoms in total. The zero-order valence-corrected chi connectivity index (χ0v) is 9.40. The highest BCUT2D eigenvalue weighted by Crippen LogP contribution is 2.21. The van der Waals surface area contributed by atoms with Crippen LogP contribution in [0.5, 0.6) is 0 Å². The quantitative estimate of drug-likeness (QED) is 0.800. The van der Waals surface area contributed by atoms with E-state index in [2.05, 4.69) is 20.2 Å². The maximum Gasteiger partial charge on any atom is 0.225 e.